The van der Waals surface area contributed by atoms with Crippen molar-refractivity contribution in [2.45, 2.75) is 25.4 Å². The first-order chi connectivity index (χ1) is 8.21. The third-order valence-electron chi connectivity index (χ3n) is 4.83. The molecule has 1 aromatic rings. The van der Waals surface area contributed by atoms with Gasteiger partial charge in [-0.15, -0.1) is 0 Å². The van der Waals surface area contributed by atoms with E-state index in [1.54, 1.807) is 0 Å². The van der Waals surface area contributed by atoms with E-state index in [9.17, 15) is 0 Å². The third kappa shape index (κ3) is 1.80. The van der Waals surface area contributed by atoms with Crippen LogP contribution >= 0.6 is 0 Å². The van der Waals surface area contributed by atoms with Gasteiger partial charge >= 0.3 is 0 Å². The molecular weight excluding hydrogens is 208 g/mol. The van der Waals surface area contributed by atoms with Crippen molar-refractivity contribution in [3.05, 3.63) is 35.9 Å². The van der Waals surface area contributed by atoms with Crippen LogP contribution in [0.5, 0.6) is 0 Å². The Labute approximate surface area is 104 Å². The quantitative estimate of drug-likeness (QED) is 0.768. The molecule has 0 saturated carbocycles. The van der Waals surface area contributed by atoms with Gasteiger partial charge in [0.1, 0.15) is 0 Å². The average Bonchev–Trinajstić information content (AvgIpc) is 2.78. The van der Waals surface area contributed by atoms with E-state index in [1.807, 2.05) is 0 Å². The van der Waals surface area contributed by atoms with Crippen molar-refractivity contribution in [2.24, 2.45) is 5.92 Å². The van der Waals surface area contributed by atoms with Crippen LogP contribution in [0, 0.1) is 5.92 Å². The molecule has 3 rings (SSSR count). The van der Waals surface area contributed by atoms with Gasteiger partial charge < -0.3 is 0 Å². The summed E-state index contributed by atoms with van der Waals surface area (Å²) in [7, 11) is 2.28. The molecule has 2 atom stereocenters. The molecule has 2 aliphatic rings. The molecule has 0 aromatic heterocycles. The summed E-state index contributed by atoms with van der Waals surface area (Å²) in [5.41, 5.74) is 1.94. The summed E-state index contributed by atoms with van der Waals surface area (Å²) in [5.74, 6) is 0.869. The fraction of sp³-hybridized carbons (Fsp3) is 0.600. The van der Waals surface area contributed by atoms with Crippen molar-refractivity contribution in [1.82, 2.24) is 9.80 Å². The largest absolute Gasteiger partial charge is 0.299 e. The molecule has 2 fully saturated rings. The Bertz CT molecular complexity index is 379. The van der Waals surface area contributed by atoms with E-state index < -0.39 is 0 Å². The molecular formula is C15H22N2. The second kappa shape index (κ2) is 4.11. The van der Waals surface area contributed by atoms with Gasteiger partial charge in [-0.3, -0.25) is 9.80 Å². The molecule has 2 saturated heterocycles. The maximum absolute atomic E-state index is 2.61. The van der Waals surface area contributed by atoms with Crippen molar-refractivity contribution in [1.29, 1.82) is 0 Å². The van der Waals surface area contributed by atoms with E-state index in [1.165, 1.54) is 31.6 Å². The topological polar surface area (TPSA) is 6.48 Å². The number of likely N-dealkylation sites (N-methyl/N-ethyl adjacent to an activating group) is 1. The lowest BCUT2D eigenvalue weighted by molar-refractivity contribution is -0.0444. The van der Waals surface area contributed by atoms with Crippen molar-refractivity contribution in [3.8, 4) is 0 Å². The van der Waals surface area contributed by atoms with Gasteiger partial charge in [-0.05, 0) is 24.9 Å². The Morgan fingerprint density at radius 3 is 2.65 bits per heavy atom. The highest BCUT2D eigenvalue weighted by molar-refractivity contribution is 5.16. The minimum atomic E-state index is 0.495. The molecule has 1 aromatic carbocycles. The van der Waals surface area contributed by atoms with Crippen LogP contribution < -0.4 is 0 Å². The summed E-state index contributed by atoms with van der Waals surface area (Å²) in [4.78, 5) is 5.17. The normalized spacial score (nSPS) is 34.1. The number of likely N-dealkylation sites (tertiary alicyclic amines) is 2. The fourth-order valence-corrected chi connectivity index (χ4v) is 3.61. The zero-order valence-electron chi connectivity index (χ0n) is 10.9. The van der Waals surface area contributed by atoms with Crippen LogP contribution in [0.2, 0.25) is 0 Å². The summed E-state index contributed by atoms with van der Waals surface area (Å²) in [6, 6.07) is 10.8. The Balaban J connectivity index is 1.65. The first-order valence-electron chi connectivity index (χ1n) is 6.68. The number of nitrogens with zero attached hydrogens (tertiary/aromatic N) is 2. The summed E-state index contributed by atoms with van der Waals surface area (Å²) in [6.07, 6.45) is 1.34. The van der Waals surface area contributed by atoms with Crippen LogP contribution in [0.15, 0.2) is 30.3 Å². The molecule has 2 aliphatic heterocycles. The fourth-order valence-electron chi connectivity index (χ4n) is 3.61. The van der Waals surface area contributed by atoms with Crippen molar-refractivity contribution >= 4 is 0 Å². The number of hydrogen-bond donors (Lipinski definition) is 0. The molecule has 0 N–H and O–H groups in total. The summed E-state index contributed by atoms with van der Waals surface area (Å²) < 4.78 is 0. The lowest BCUT2D eigenvalue weighted by atomic mass is 9.75. The smallest absolute Gasteiger partial charge is 0.0383 e. The van der Waals surface area contributed by atoms with E-state index in [2.05, 4.69) is 54.1 Å². The summed E-state index contributed by atoms with van der Waals surface area (Å²) in [6.45, 7) is 7.30. The Morgan fingerprint density at radius 2 is 2.06 bits per heavy atom. The zero-order valence-corrected chi connectivity index (χ0v) is 10.9. The lowest BCUT2D eigenvalue weighted by Crippen LogP contribution is -2.65. The molecule has 2 heteroatoms. The highest BCUT2D eigenvalue weighted by Gasteiger charge is 2.52. The van der Waals surface area contributed by atoms with E-state index in [4.69, 9.17) is 0 Å². The van der Waals surface area contributed by atoms with Gasteiger partial charge in [0.05, 0.1) is 0 Å². The highest BCUT2D eigenvalue weighted by atomic mass is 15.3. The highest BCUT2D eigenvalue weighted by Crippen LogP contribution is 2.42. The molecule has 0 aliphatic carbocycles. The van der Waals surface area contributed by atoms with Crippen LogP contribution in [0.3, 0.4) is 0 Å². The standard InChI is InChI=1S/C15H22N2/c1-13-10-16(2)15(13)8-9-17(12-15)11-14-6-4-3-5-7-14/h3-7,13H,8-12H2,1-2H3. The number of rotatable bonds is 2. The van der Waals surface area contributed by atoms with Gasteiger partial charge in [0.25, 0.3) is 0 Å². The van der Waals surface area contributed by atoms with Crippen LogP contribution in [0.1, 0.15) is 18.9 Å². The second-order valence-corrected chi connectivity index (χ2v) is 5.83. The number of hydrogen-bond acceptors (Lipinski definition) is 2. The first kappa shape index (κ1) is 11.2. The van der Waals surface area contributed by atoms with Gasteiger partial charge in [-0.25, -0.2) is 0 Å². The molecule has 0 bridgehead atoms. The molecule has 0 amide bonds. The van der Waals surface area contributed by atoms with Crippen molar-refractivity contribution in [3.63, 3.8) is 0 Å². The maximum Gasteiger partial charge on any atom is 0.0383 e. The summed E-state index contributed by atoms with van der Waals surface area (Å²) >= 11 is 0. The minimum absolute atomic E-state index is 0.495. The number of benzene rings is 1. The van der Waals surface area contributed by atoms with E-state index in [-0.39, 0.29) is 0 Å². The van der Waals surface area contributed by atoms with Crippen molar-refractivity contribution in [2.75, 3.05) is 26.7 Å². The lowest BCUT2D eigenvalue weighted by Gasteiger charge is -2.54. The monoisotopic (exact) mass is 230 g/mol. The van der Waals surface area contributed by atoms with Gasteiger partial charge in [-0.2, -0.15) is 0 Å². The maximum atomic E-state index is 2.61. The van der Waals surface area contributed by atoms with Crippen LogP contribution in [-0.4, -0.2) is 42.0 Å². The second-order valence-electron chi connectivity index (χ2n) is 5.83. The molecule has 2 heterocycles. The van der Waals surface area contributed by atoms with Crippen LogP contribution in [0.4, 0.5) is 0 Å². The van der Waals surface area contributed by atoms with Gasteiger partial charge in [0, 0.05) is 31.7 Å². The Kier molecular flexibility index (Phi) is 2.72. The first-order valence-corrected chi connectivity index (χ1v) is 6.68. The van der Waals surface area contributed by atoms with Crippen LogP contribution in [0.25, 0.3) is 0 Å². The third-order valence-corrected chi connectivity index (χ3v) is 4.83. The van der Waals surface area contributed by atoms with E-state index in [0.29, 0.717) is 5.54 Å². The van der Waals surface area contributed by atoms with E-state index in [0.717, 1.165) is 12.5 Å². The molecule has 1 spiro atoms. The SMILES string of the molecule is CC1CN(C)C12CCN(Cc1ccccc1)C2. The molecule has 0 radical (unpaired) electrons. The molecule has 2 nitrogen and oxygen atoms in total. The molecule has 17 heavy (non-hydrogen) atoms. The summed E-state index contributed by atoms with van der Waals surface area (Å²) in [5, 5.41) is 0. The zero-order chi connectivity index (χ0) is 11.9. The van der Waals surface area contributed by atoms with Crippen molar-refractivity contribution < 1.29 is 0 Å². The Hall–Kier alpha value is -0.860. The average molecular weight is 230 g/mol. The van der Waals surface area contributed by atoms with Gasteiger partial charge in [0.15, 0.2) is 0 Å². The molecule has 92 valence electrons. The van der Waals surface area contributed by atoms with Gasteiger partial charge in [-0.1, -0.05) is 37.3 Å². The van der Waals surface area contributed by atoms with Crippen LogP contribution in [-0.2, 0) is 6.54 Å². The van der Waals surface area contributed by atoms with E-state index >= 15 is 0 Å². The Morgan fingerprint density at radius 1 is 1.29 bits per heavy atom. The predicted octanol–water partition coefficient (Wildman–Crippen LogP) is 2.21. The predicted molar refractivity (Wildman–Crippen MR) is 70.9 cm³/mol. The minimum Gasteiger partial charge on any atom is -0.299 e. The van der Waals surface area contributed by atoms with Gasteiger partial charge in [0.2, 0.25) is 0 Å². The molecule has 2 unspecified atom stereocenters.